The Hall–Kier alpha value is -0.960. The first kappa shape index (κ1) is 12.8. The largest absolute Gasteiger partial charge is 0.330 e. The molecule has 0 atom stereocenters. The highest BCUT2D eigenvalue weighted by atomic mass is 14.9. The molecule has 0 unspecified atom stereocenters. The summed E-state index contributed by atoms with van der Waals surface area (Å²) in [6, 6.07) is 0. The zero-order chi connectivity index (χ0) is 13.5. The lowest BCUT2D eigenvalue weighted by Gasteiger charge is -2.53. The van der Waals surface area contributed by atoms with Gasteiger partial charge in [-0.15, -0.1) is 0 Å². The van der Waals surface area contributed by atoms with E-state index < -0.39 is 0 Å². The number of aryl methyl sites for hydroxylation is 1. The third-order valence-electron chi connectivity index (χ3n) is 5.92. The van der Waals surface area contributed by atoms with Crippen molar-refractivity contribution in [3.8, 4) is 0 Å². The number of hydrogen-bond donors (Lipinski definition) is 1. The van der Waals surface area contributed by atoms with Crippen molar-refractivity contribution >= 4 is 0 Å². The predicted molar refractivity (Wildman–Crippen MR) is 79.2 cm³/mol. The lowest BCUT2D eigenvalue weighted by Crippen LogP contribution is -2.44. The van der Waals surface area contributed by atoms with Gasteiger partial charge in [0.15, 0.2) is 0 Å². The molecule has 4 saturated carbocycles. The van der Waals surface area contributed by atoms with Crippen LogP contribution in [0.15, 0.2) is 12.4 Å². The molecule has 4 bridgehead atoms. The van der Waals surface area contributed by atoms with Crippen molar-refractivity contribution in [2.45, 2.75) is 50.9 Å². The Morgan fingerprint density at radius 3 is 2.10 bits per heavy atom. The second-order valence-corrected chi connectivity index (χ2v) is 7.30. The van der Waals surface area contributed by atoms with Gasteiger partial charge in [0.25, 0.3) is 0 Å². The van der Waals surface area contributed by atoms with E-state index in [1.807, 2.05) is 12.4 Å². The maximum Gasteiger partial charge on any atom is 0.131 e. The third-order valence-corrected chi connectivity index (χ3v) is 5.92. The second-order valence-electron chi connectivity index (χ2n) is 7.30. The van der Waals surface area contributed by atoms with Gasteiger partial charge in [-0.05, 0) is 80.7 Å². The maximum atomic E-state index is 5.56. The van der Waals surface area contributed by atoms with E-state index in [-0.39, 0.29) is 0 Å². The molecule has 1 aromatic heterocycles. The summed E-state index contributed by atoms with van der Waals surface area (Å²) in [4.78, 5) is 9.45. The molecule has 1 heterocycles. The van der Waals surface area contributed by atoms with Crippen LogP contribution >= 0.6 is 0 Å². The van der Waals surface area contributed by atoms with E-state index in [4.69, 9.17) is 15.7 Å². The normalized spacial score (nSPS) is 38.4. The molecule has 4 aliphatic rings. The Morgan fingerprint density at radius 1 is 0.950 bits per heavy atom. The number of rotatable bonds is 4. The predicted octanol–water partition coefficient (Wildman–Crippen LogP) is 2.91. The van der Waals surface area contributed by atoms with Gasteiger partial charge in [-0.2, -0.15) is 0 Å². The fourth-order valence-corrected chi connectivity index (χ4v) is 5.32. The van der Waals surface area contributed by atoms with E-state index >= 15 is 0 Å². The van der Waals surface area contributed by atoms with Crippen LogP contribution in [0.2, 0.25) is 0 Å². The molecule has 0 amide bonds. The summed E-state index contributed by atoms with van der Waals surface area (Å²) in [5.41, 5.74) is 6.80. The van der Waals surface area contributed by atoms with Crippen LogP contribution in [-0.4, -0.2) is 16.5 Å². The minimum Gasteiger partial charge on any atom is -0.330 e. The molecule has 20 heavy (non-hydrogen) atoms. The Labute approximate surface area is 121 Å². The van der Waals surface area contributed by atoms with Crippen LogP contribution in [-0.2, 0) is 6.42 Å². The Bertz CT molecular complexity index is 440. The van der Waals surface area contributed by atoms with Crippen molar-refractivity contribution in [1.29, 1.82) is 0 Å². The van der Waals surface area contributed by atoms with E-state index in [0.717, 1.165) is 48.9 Å². The second kappa shape index (κ2) is 5.10. The number of nitrogens with zero attached hydrogens (tertiary/aromatic N) is 2. The van der Waals surface area contributed by atoms with Crippen molar-refractivity contribution in [3.05, 3.63) is 23.8 Å². The zero-order valence-electron chi connectivity index (χ0n) is 12.2. The molecule has 0 aliphatic heterocycles. The minimum atomic E-state index is 0.659. The van der Waals surface area contributed by atoms with Crippen LogP contribution < -0.4 is 5.73 Å². The summed E-state index contributed by atoms with van der Waals surface area (Å²) in [7, 11) is 0. The number of hydrogen-bond acceptors (Lipinski definition) is 3. The van der Waals surface area contributed by atoms with Gasteiger partial charge in [0.2, 0.25) is 0 Å². The topological polar surface area (TPSA) is 51.8 Å². The fourth-order valence-electron chi connectivity index (χ4n) is 5.32. The molecule has 3 heteroatoms. The van der Waals surface area contributed by atoms with Crippen LogP contribution in [0, 0.1) is 23.7 Å². The van der Waals surface area contributed by atoms with Gasteiger partial charge >= 0.3 is 0 Å². The number of nitrogens with two attached hydrogens (primary N) is 1. The summed E-state index contributed by atoms with van der Waals surface area (Å²) >= 11 is 0. The first-order valence-electron chi connectivity index (χ1n) is 8.34. The van der Waals surface area contributed by atoms with Crippen molar-refractivity contribution in [3.63, 3.8) is 0 Å². The van der Waals surface area contributed by atoms with Gasteiger partial charge in [-0.25, -0.2) is 9.97 Å². The summed E-state index contributed by atoms with van der Waals surface area (Å²) in [6.45, 7) is 0.747. The van der Waals surface area contributed by atoms with Crippen LogP contribution in [0.3, 0.4) is 0 Å². The lowest BCUT2D eigenvalue weighted by atomic mass is 9.51. The van der Waals surface area contributed by atoms with Crippen LogP contribution in [0.25, 0.3) is 0 Å². The van der Waals surface area contributed by atoms with Gasteiger partial charge in [0.05, 0.1) is 0 Å². The van der Waals surface area contributed by atoms with Gasteiger partial charge in [0.1, 0.15) is 5.82 Å². The lowest BCUT2D eigenvalue weighted by molar-refractivity contribution is -0.00567. The minimum absolute atomic E-state index is 0.659. The highest BCUT2D eigenvalue weighted by Gasteiger charge is 2.49. The van der Waals surface area contributed by atoms with Gasteiger partial charge in [-0.1, -0.05) is 0 Å². The average Bonchev–Trinajstić information content (AvgIpc) is 2.45. The van der Waals surface area contributed by atoms with Crippen LogP contribution in [0.5, 0.6) is 0 Å². The van der Waals surface area contributed by atoms with E-state index in [2.05, 4.69) is 0 Å². The summed E-state index contributed by atoms with van der Waals surface area (Å²) in [5, 5.41) is 0. The van der Waals surface area contributed by atoms with Gasteiger partial charge in [-0.3, -0.25) is 0 Å². The molecule has 0 radical (unpaired) electrons. The van der Waals surface area contributed by atoms with Gasteiger partial charge < -0.3 is 5.73 Å². The van der Waals surface area contributed by atoms with Crippen molar-refractivity contribution in [1.82, 2.24) is 9.97 Å². The molecule has 4 aliphatic carbocycles. The van der Waals surface area contributed by atoms with Crippen molar-refractivity contribution in [2.75, 3.05) is 6.54 Å². The van der Waals surface area contributed by atoms with E-state index in [0.29, 0.717) is 5.92 Å². The fraction of sp³-hybridized carbons (Fsp3) is 0.765. The van der Waals surface area contributed by atoms with Crippen molar-refractivity contribution in [2.24, 2.45) is 29.4 Å². The van der Waals surface area contributed by atoms with Crippen LogP contribution in [0.1, 0.15) is 55.8 Å². The summed E-state index contributed by atoms with van der Waals surface area (Å²) < 4.78 is 0. The molecule has 0 aromatic carbocycles. The van der Waals surface area contributed by atoms with Crippen LogP contribution in [0.4, 0.5) is 0 Å². The quantitative estimate of drug-likeness (QED) is 0.916. The van der Waals surface area contributed by atoms with E-state index in [1.54, 1.807) is 0 Å². The van der Waals surface area contributed by atoms with E-state index in [9.17, 15) is 0 Å². The maximum absolute atomic E-state index is 5.56. The molecule has 0 saturated heterocycles. The summed E-state index contributed by atoms with van der Waals surface area (Å²) in [5.74, 6) is 5.60. The number of aromatic nitrogens is 2. The molecule has 2 N–H and O–H groups in total. The Morgan fingerprint density at radius 2 is 1.55 bits per heavy atom. The Balaban J connectivity index is 1.52. The molecule has 5 rings (SSSR count). The Kier molecular flexibility index (Phi) is 3.25. The standard InChI is InChI=1S/C17H25N3/c18-3-1-2-11-9-19-17(20-10-11)16-14-5-12-4-13(7-14)8-15(16)6-12/h9-10,12-16H,1-8,18H2. The summed E-state index contributed by atoms with van der Waals surface area (Å²) in [6.07, 6.45) is 13.4. The molecule has 1 aromatic rings. The first-order valence-corrected chi connectivity index (χ1v) is 8.34. The zero-order valence-corrected chi connectivity index (χ0v) is 12.2. The molecular weight excluding hydrogens is 246 g/mol. The molecule has 4 fully saturated rings. The molecule has 0 spiro atoms. The monoisotopic (exact) mass is 271 g/mol. The highest BCUT2D eigenvalue weighted by molar-refractivity contribution is 5.13. The molecular formula is C17H25N3. The molecule has 108 valence electrons. The van der Waals surface area contributed by atoms with Crippen molar-refractivity contribution < 1.29 is 0 Å². The molecule has 3 nitrogen and oxygen atoms in total. The van der Waals surface area contributed by atoms with E-state index in [1.165, 1.54) is 37.7 Å². The first-order chi connectivity index (χ1) is 9.83. The highest BCUT2D eigenvalue weighted by Crippen LogP contribution is 2.59. The van der Waals surface area contributed by atoms with Gasteiger partial charge in [0, 0.05) is 18.3 Å². The SMILES string of the molecule is NCCCc1cnc(C2C3CC4CC(C3)CC2C4)nc1. The smallest absolute Gasteiger partial charge is 0.131 e. The average molecular weight is 271 g/mol. The third kappa shape index (κ3) is 2.16.